The van der Waals surface area contributed by atoms with Crippen molar-refractivity contribution in [3.05, 3.63) is 64.1 Å². The lowest BCUT2D eigenvalue weighted by molar-refractivity contribution is 0.415. The first-order valence-electron chi connectivity index (χ1n) is 5.35. The van der Waals surface area contributed by atoms with Crippen LogP contribution in [-0.4, -0.2) is 7.11 Å². The monoisotopic (exact) mass is 288 g/mol. The highest BCUT2D eigenvalue weighted by atomic mass is 79.9. The summed E-state index contributed by atoms with van der Waals surface area (Å²) in [7, 11) is 1.67. The largest absolute Gasteiger partial charge is 0.497 e. The standard InChI is InChI=1S/C15H13BrO/c1-17-15-10-6-13(7-11-15)3-2-12-4-8-14(16)9-5-12/h2-11H,1H3. The molecule has 0 N–H and O–H groups in total. The summed E-state index contributed by atoms with van der Waals surface area (Å²) < 4.78 is 6.21. The number of rotatable bonds is 3. The zero-order valence-corrected chi connectivity index (χ0v) is 11.1. The normalized spacial score (nSPS) is 10.7. The summed E-state index contributed by atoms with van der Waals surface area (Å²) >= 11 is 3.42. The number of ether oxygens (including phenoxy) is 1. The van der Waals surface area contributed by atoms with E-state index in [2.05, 4.69) is 40.2 Å². The van der Waals surface area contributed by atoms with Gasteiger partial charge in [-0.15, -0.1) is 0 Å². The lowest BCUT2D eigenvalue weighted by atomic mass is 10.1. The third kappa shape index (κ3) is 3.46. The van der Waals surface area contributed by atoms with Crippen LogP contribution in [-0.2, 0) is 0 Å². The number of hydrogen-bond acceptors (Lipinski definition) is 1. The molecule has 2 rings (SSSR count). The van der Waals surface area contributed by atoms with Crippen LogP contribution in [0.1, 0.15) is 11.1 Å². The molecule has 0 aromatic heterocycles. The van der Waals surface area contributed by atoms with Gasteiger partial charge in [-0.05, 0) is 35.4 Å². The van der Waals surface area contributed by atoms with Gasteiger partial charge in [0, 0.05) is 4.47 Å². The Bertz CT molecular complexity index is 497. The minimum atomic E-state index is 0.880. The predicted molar refractivity (Wildman–Crippen MR) is 76.1 cm³/mol. The van der Waals surface area contributed by atoms with Gasteiger partial charge in [-0.3, -0.25) is 0 Å². The minimum absolute atomic E-state index is 0.880. The molecule has 0 saturated heterocycles. The molecule has 0 aliphatic rings. The molecule has 0 saturated carbocycles. The molecule has 1 nitrogen and oxygen atoms in total. The molecule has 0 fully saturated rings. The Kier molecular flexibility index (Phi) is 3.99. The maximum absolute atomic E-state index is 5.12. The fourth-order valence-electron chi connectivity index (χ4n) is 1.48. The topological polar surface area (TPSA) is 9.23 Å². The van der Waals surface area contributed by atoms with Crippen LogP contribution in [0.4, 0.5) is 0 Å². The van der Waals surface area contributed by atoms with Gasteiger partial charge in [0.25, 0.3) is 0 Å². The minimum Gasteiger partial charge on any atom is -0.497 e. The lowest BCUT2D eigenvalue weighted by Crippen LogP contribution is -1.81. The highest BCUT2D eigenvalue weighted by Crippen LogP contribution is 2.15. The van der Waals surface area contributed by atoms with Crippen LogP contribution in [0.5, 0.6) is 5.75 Å². The van der Waals surface area contributed by atoms with Crippen LogP contribution in [0, 0.1) is 0 Å². The Hall–Kier alpha value is -1.54. The van der Waals surface area contributed by atoms with E-state index in [0.717, 1.165) is 15.8 Å². The summed E-state index contributed by atoms with van der Waals surface area (Å²) in [5.41, 5.74) is 2.35. The molecule has 2 heteroatoms. The quantitative estimate of drug-likeness (QED) is 0.749. The van der Waals surface area contributed by atoms with Gasteiger partial charge in [-0.25, -0.2) is 0 Å². The summed E-state index contributed by atoms with van der Waals surface area (Å²) in [5, 5.41) is 0. The zero-order valence-electron chi connectivity index (χ0n) is 9.56. The molecule has 0 atom stereocenters. The summed E-state index contributed by atoms with van der Waals surface area (Å²) in [6.07, 6.45) is 4.18. The van der Waals surface area contributed by atoms with Crippen molar-refractivity contribution in [1.82, 2.24) is 0 Å². The zero-order chi connectivity index (χ0) is 12.1. The number of hydrogen-bond donors (Lipinski definition) is 0. The van der Waals surface area contributed by atoms with E-state index in [4.69, 9.17) is 4.74 Å². The van der Waals surface area contributed by atoms with Crippen molar-refractivity contribution in [2.24, 2.45) is 0 Å². The second-order valence-electron chi connectivity index (χ2n) is 3.66. The molecule has 0 amide bonds. The van der Waals surface area contributed by atoms with E-state index >= 15 is 0 Å². The number of benzene rings is 2. The van der Waals surface area contributed by atoms with Crippen molar-refractivity contribution in [1.29, 1.82) is 0 Å². The average Bonchev–Trinajstić information content (AvgIpc) is 2.39. The Morgan fingerprint density at radius 1 is 0.824 bits per heavy atom. The summed E-state index contributed by atoms with van der Waals surface area (Å²) in [4.78, 5) is 0. The molecule has 0 heterocycles. The highest BCUT2D eigenvalue weighted by Gasteiger charge is 1.91. The third-order valence-electron chi connectivity index (χ3n) is 2.45. The molecule has 2 aromatic carbocycles. The first kappa shape index (κ1) is 11.9. The Morgan fingerprint density at radius 3 is 1.76 bits per heavy atom. The highest BCUT2D eigenvalue weighted by molar-refractivity contribution is 9.10. The van der Waals surface area contributed by atoms with Crippen LogP contribution >= 0.6 is 15.9 Å². The van der Waals surface area contributed by atoms with E-state index in [9.17, 15) is 0 Å². The van der Waals surface area contributed by atoms with Crippen molar-refractivity contribution in [2.75, 3.05) is 7.11 Å². The molecule has 86 valence electrons. The lowest BCUT2D eigenvalue weighted by Gasteiger charge is -1.99. The third-order valence-corrected chi connectivity index (χ3v) is 2.98. The SMILES string of the molecule is COc1ccc(C=Cc2ccc(Br)cc2)cc1. The Balaban J connectivity index is 2.11. The molecule has 17 heavy (non-hydrogen) atoms. The van der Waals surface area contributed by atoms with E-state index in [-0.39, 0.29) is 0 Å². The Morgan fingerprint density at radius 2 is 1.29 bits per heavy atom. The molecular weight excluding hydrogens is 276 g/mol. The molecule has 0 unspecified atom stereocenters. The van der Waals surface area contributed by atoms with Gasteiger partial charge >= 0.3 is 0 Å². The van der Waals surface area contributed by atoms with Crippen molar-refractivity contribution >= 4 is 28.1 Å². The average molecular weight is 289 g/mol. The molecule has 0 aliphatic heterocycles. The second kappa shape index (κ2) is 5.69. The van der Waals surface area contributed by atoms with Gasteiger partial charge in [0.15, 0.2) is 0 Å². The smallest absolute Gasteiger partial charge is 0.118 e. The van der Waals surface area contributed by atoms with E-state index in [1.807, 2.05) is 36.4 Å². The van der Waals surface area contributed by atoms with Crippen molar-refractivity contribution < 1.29 is 4.74 Å². The van der Waals surface area contributed by atoms with Gasteiger partial charge in [0.1, 0.15) is 5.75 Å². The molecular formula is C15H13BrO. The summed E-state index contributed by atoms with van der Waals surface area (Å²) in [6.45, 7) is 0. The van der Waals surface area contributed by atoms with Crippen LogP contribution in [0.15, 0.2) is 53.0 Å². The van der Waals surface area contributed by atoms with Crippen molar-refractivity contribution in [2.45, 2.75) is 0 Å². The fourth-order valence-corrected chi connectivity index (χ4v) is 1.75. The van der Waals surface area contributed by atoms with E-state index in [0.29, 0.717) is 0 Å². The summed E-state index contributed by atoms with van der Waals surface area (Å²) in [6, 6.07) is 16.2. The maximum Gasteiger partial charge on any atom is 0.118 e. The summed E-state index contributed by atoms with van der Waals surface area (Å²) in [5.74, 6) is 0.880. The van der Waals surface area contributed by atoms with E-state index in [1.165, 1.54) is 5.56 Å². The molecule has 0 radical (unpaired) electrons. The van der Waals surface area contributed by atoms with Crippen LogP contribution in [0.3, 0.4) is 0 Å². The van der Waals surface area contributed by atoms with E-state index in [1.54, 1.807) is 7.11 Å². The van der Waals surface area contributed by atoms with Crippen LogP contribution < -0.4 is 4.74 Å². The first-order chi connectivity index (χ1) is 8.28. The van der Waals surface area contributed by atoms with Gasteiger partial charge in [0.05, 0.1) is 7.11 Å². The van der Waals surface area contributed by atoms with Crippen LogP contribution in [0.2, 0.25) is 0 Å². The van der Waals surface area contributed by atoms with Gasteiger partial charge in [0.2, 0.25) is 0 Å². The first-order valence-corrected chi connectivity index (χ1v) is 6.15. The van der Waals surface area contributed by atoms with Crippen LogP contribution in [0.25, 0.3) is 12.2 Å². The van der Waals surface area contributed by atoms with Gasteiger partial charge in [-0.1, -0.05) is 52.3 Å². The van der Waals surface area contributed by atoms with E-state index < -0.39 is 0 Å². The van der Waals surface area contributed by atoms with Gasteiger partial charge in [-0.2, -0.15) is 0 Å². The fraction of sp³-hybridized carbons (Fsp3) is 0.0667. The van der Waals surface area contributed by atoms with Crippen molar-refractivity contribution in [3.63, 3.8) is 0 Å². The number of methoxy groups -OCH3 is 1. The number of halogens is 1. The van der Waals surface area contributed by atoms with Gasteiger partial charge < -0.3 is 4.74 Å². The maximum atomic E-state index is 5.12. The molecule has 2 aromatic rings. The molecule has 0 spiro atoms. The van der Waals surface area contributed by atoms with Crippen molar-refractivity contribution in [3.8, 4) is 5.75 Å². The molecule has 0 bridgehead atoms. The predicted octanol–water partition coefficient (Wildman–Crippen LogP) is 4.63. The Labute approximate surface area is 110 Å². The second-order valence-corrected chi connectivity index (χ2v) is 4.57. The molecule has 0 aliphatic carbocycles.